The maximum atomic E-state index is 12.0. The molecule has 3 aromatic rings. The molecule has 0 aromatic heterocycles. The lowest BCUT2D eigenvalue weighted by Crippen LogP contribution is -2.08. The Morgan fingerprint density at radius 2 is 1.38 bits per heavy atom. The zero-order chi connectivity index (χ0) is 18.0. The Morgan fingerprint density at radius 1 is 0.731 bits per heavy atom. The Balaban J connectivity index is 1.39. The van der Waals surface area contributed by atoms with Crippen molar-refractivity contribution in [2.75, 3.05) is 13.4 Å². The summed E-state index contributed by atoms with van der Waals surface area (Å²) in [4.78, 5) is 12.0. The predicted octanol–water partition coefficient (Wildman–Crippen LogP) is 4.50. The highest BCUT2D eigenvalue weighted by atomic mass is 16.7. The van der Waals surface area contributed by atoms with Crippen LogP contribution in [0.4, 0.5) is 0 Å². The molecule has 0 fully saturated rings. The van der Waals surface area contributed by atoms with Crippen molar-refractivity contribution in [3.05, 3.63) is 96.1 Å². The van der Waals surface area contributed by atoms with Crippen LogP contribution in [0.1, 0.15) is 15.9 Å². The van der Waals surface area contributed by atoms with Gasteiger partial charge in [-0.2, -0.15) is 0 Å². The highest BCUT2D eigenvalue weighted by Gasteiger charge is 2.07. The molecule has 0 bridgehead atoms. The standard InChI is InChI=1S/C22H20O4/c23-22(19-7-3-1-4-8-19)26-21-13-11-18(12-14-21)15-16-24-17-25-20-9-5-2-6-10-20/h1-14H,15-17H2. The summed E-state index contributed by atoms with van der Waals surface area (Å²) in [5.41, 5.74) is 1.63. The average Bonchev–Trinajstić information content (AvgIpc) is 2.70. The SMILES string of the molecule is O=C(Oc1ccc(CCOCOc2ccccc2)cc1)c1ccccc1. The van der Waals surface area contributed by atoms with Crippen LogP contribution in [0.25, 0.3) is 0 Å². The summed E-state index contributed by atoms with van der Waals surface area (Å²) in [5.74, 6) is 0.952. The van der Waals surface area contributed by atoms with Crippen molar-refractivity contribution < 1.29 is 19.0 Å². The number of hydrogen-bond donors (Lipinski definition) is 0. The zero-order valence-corrected chi connectivity index (χ0v) is 14.3. The van der Waals surface area contributed by atoms with Crippen LogP contribution in [0, 0.1) is 0 Å². The van der Waals surface area contributed by atoms with Crippen LogP contribution >= 0.6 is 0 Å². The fraction of sp³-hybridized carbons (Fsp3) is 0.136. The lowest BCUT2D eigenvalue weighted by atomic mass is 10.1. The smallest absolute Gasteiger partial charge is 0.343 e. The molecule has 0 spiro atoms. The molecule has 0 radical (unpaired) electrons. The molecule has 0 saturated carbocycles. The van der Waals surface area contributed by atoms with Gasteiger partial charge in [-0.05, 0) is 48.4 Å². The van der Waals surface area contributed by atoms with Gasteiger partial charge >= 0.3 is 5.97 Å². The maximum Gasteiger partial charge on any atom is 0.343 e. The van der Waals surface area contributed by atoms with Gasteiger partial charge in [-0.1, -0.05) is 48.5 Å². The molecule has 0 heterocycles. The van der Waals surface area contributed by atoms with Gasteiger partial charge in [-0.25, -0.2) is 4.79 Å². The minimum Gasteiger partial charge on any atom is -0.468 e. The largest absolute Gasteiger partial charge is 0.468 e. The molecule has 26 heavy (non-hydrogen) atoms. The molecule has 0 unspecified atom stereocenters. The number of esters is 1. The number of hydrogen-bond acceptors (Lipinski definition) is 4. The Labute approximate surface area is 153 Å². The Bertz CT molecular complexity index is 799. The molecule has 0 aliphatic carbocycles. The van der Waals surface area contributed by atoms with E-state index in [1.807, 2.05) is 48.5 Å². The first kappa shape index (κ1) is 17.7. The van der Waals surface area contributed by atoms with E-state index in [0.717, 1.165) is 17.7 Å². The third-order valence-corrected chi connectivity index (χ3v) is 3.73. The van der Waals surface area contributed by atoms with Gasteiger partial charge in [0.1, 0.15) is 11.5 Å². The first-order valence-electron chi connectivity index (χ1n) is 8.43. The van der Waals surface area contributed by atoms with E-state index in [1.165, 1.54) is 0 Å². The maximum absolute atomic E-state index is 12.0. The van der Waals surface area contributed by atoms with Gasteiger partial charge in [-0.3, -0.25) is 0 Å². The second-order valence-corrected chi connectivity index (χ2v) is 5.63. The number of ether oxygens (including phenoxy) is 3. The minimum absolute atomic E-state index is 0.219. The van der Waals surface area contributed by atoms with Crippen LogP contribution < -0.4 is 9.47 Å². The lowest BCUT2D eigenvalue weighted by Gasteiger charge is -2.08. The number of carbonyl (C=O) groups is 1. The van der Waals surface area contributed by atoms with Crippen LogP contribution in [-0.4, -0.2) is 19.4 Å². The highest BCUT2D eigenvalue weighted by Crippen LogP contribution is 2.15. The van der Waals surface area contributed by atoms with Crippen LogP contribution in [0.3, 0.4) is 0 Å². The van der Waals surface area contributed by atoms with Crippen molar-refractivity contribution in [3.8, 4) is 11.5 Å². The second kappa shape index (κ2) is 9.39. The molecule has 0 amide bonds. The molecule has 0 aliphatic rings. The van der Waals surface area contributed by atoms with E-state index >= 15 is 0 Å². The van der Waals surface area contributed by atoms with Gasteiger partial charge < -0.3 is 14.2 Å². The normalized spacial score (nSPS) is 10.3. The molecule has 4 nitrogen and oxygen atoms in total. The van der Waals surface area contributed by atoms with Gasteiger partial charge in [0, 0.05) is 0 Å². The van der Waals surface area contributed by atoms with Crippen LogP contribution in [0.2, 0.25) is 0 Å². The van der Waals surface area contributed by atoms with Gasteiger partial charge in [0.25, 0.3) is 0 Å². The topological polar surface area (TPSA) is 44.8 Å². The zero-order valence-electron chi connectivity index (χ0n) is 14.3. The van der Waals surface area contributed by atoms with Crippen molar-refractivity contribution in [1.29, 1.82) is 0 Å². The lowest BCUT2D eigenvalue weighted by molar-refractivity contribution is 0.0169. The average molecular weight is 348 g/mol. The summed E-state index contributed by atoms with van der Waals surface area (Å²) in [6.07, 6.45) is 0.755. The van der Waals surface area contributed by atoms with Crippen LogP contribution in [0.15, 0.2) is 84.9 Å². The van der Waals surface area contributed by atoms with E-state index in [-0.39, 0.29) is 12.8 Å². The number of rotatable bonds is 8. The summed E-state index contributed by atoms with van der Waals surface area (Å²) < 4.78 is 16.3. The third-order valence-electron chi connectivity index (χ3n) is 3.73. The van der Waals surface area contributed by atoms with Crippen molar-refractivity contribution in [1.82, 2.24) is 0 Å². The van der Waals surface area contributed by atoms with E-state index in [4.69, 9.17) is 14.2 Å². The number of para-hydroxylation sites is 1. The van der Waals surface area contributed by atoms with E-state index < -0.39 is 0 Å². The van der Waals surface area contributed by atoms with Gasteiger partial charge in [0.2, 0.25) is 0 Å². The van der Waals surface area contributed by atoms with Crippen molar-refractivity contribution in [2.45, 2.75) is 6.42 Å². The Hall–Kier alpha value is -3.11. The van der Waals surface area contributed by atoms with Crippen LogP contribution in [0.5, 0.6) is 11.5 Å². The van der Waals surface area contributed by atoms with Crippen molar-refractivity contribution in [2.24, 2.45) is 0 Å². The molecular weight excluding hydrogens is 328 g/mol. The number of carbonyl (C=O) groups excluding carboxylic acids is 1. The van der Waals surface area contributed by atoms with E-state index in [2.05, 4.69) is 0 Å². The van der Waals surface area contributed by atoms with Crippen molar-refractivity contribution >= 4 is 5.97 Å². The fourth-order valence-electron chi connectivity index (χ4n) is 2.34. The molecule has 4 heteroatoms. The molecular formula is C22H20O4. The molecule has 0 N–H and O–H groups in total. The highest BCUT2D eigenvalue weighted by molar-refractivity contribution is 5.90. The molecule has 3 rings (SSSR count). The summed E-state index contributed by atoms with van der Waals surface area (Å²) in [7, 11) is 0. The monoisotopic (exact) mass is 348 g/mol. The van der Waals surface area contributed by atoms with E-state index in [9.17, 15) is 4.79 Å². The summed E-state index contributed by atoms with van der Waals surface area (Å²) >= 11 is 0. The summed E-state index contributed by atoms with van der Waals surface area (Å²) in [6.45, 7) is 0.771. The molecule has 0 aliphatic heterocycles. The summed E-state index contributed by atoms with van der Waals surface area (Å²) in [5, 5.41) is 0. The van der Waals surface area contributed by atoms with E-state index in [1.54, 1.807) is 36.4 Å². The first-order chi connectivity index (χ1) is 12.8. The van der Waals surface area contributed by atoms with Crippen LogP contribution in [-0.2, 0) is 11.2 Å². The molecule has 3 aromatic carbocycles. The molecule has 132 valence electrons. The molecule has 0 saturated heterocycles. The van der Waals surface area contributed by atoms with Crippen molar-refractivity contribution in [3.63, 3.8) is 0 Å². The van der Waals surface area contributed by atoms with E-state index in [0.29, 0.717) is 17.9 Å². The van der Waals surface area contributed by atoms with Gasteiger partial charge in [-0.15, -0.1) is 0 Å². The first-order valence-corrected chi connectivity index (χ1v) is 8.43. The summed E-state index contributed by atoms with van der Waals surface area (Å²) in [6, 6.07) is 25.9. The second-order valence-electron chi connectivity index (χ2n) is 5.63. The molecule has 0 atom stereocenters. The Morgan fingerprint density at radius 3 is 2.08 bits per heavy atom. The quantitative estimate of drug-likeness (QED) is 0.260. The van der Waals surface area contributed by atoms with Gasteiger partial charge in [0.05, 0.1) is 12.2 Å². The Kier molecular flexibility index (Phi) is 6.40. The third kappa shape index (κ3) is 5.46. The predicted molar refractivity (Wildman–Crippen MR) is 99.4 cm³/mol. The fourth-order valence-corrected chi connectivity index (χ4v) is 2.34. The minimum atomic E-state index is -0.361. The number of benzene rings is 3. The van der Waals surface area contributed by atoms with Gasteiger partial charge in [0.15, 0.2) is 6.79 Å².